The van der Waals surface area contributed by atoms with E-state index in [1.165, 1.54) is 5.56 Å². The molecule has 51 heavy (non-hydrogen) atoms. The fourth-order valence-electron chi connectivity index (χ4n) is 9.26. The van der Waals surface area contributed by atoms with Gasteiger partial charge in [-0.1, -0.05) is 31.0 Å². The Labute approximate surface area is 309 Å². The molecule has 280 valence electrons. The van der Waals surface area contributed by atoms with Crippen molar-refractivity contribution in [2.75, 3.05) is 63.8 Å². The summed E-state index contributed by atoms with van der Waals surface area (Å²) in [6.07, 6.45) is 6.81. The zero-order valence-corrected chi connectivity index (χ0v) is 31.9. The third kappa shape index (κ3) is 8.24. The minimum Gasteiger partial charge on any atom is -0.487 e. The van der Waals surface area contributed by atoms with Gasteiger partial charge in [-0.2, -0.15) is 0 Å². The molecule has 0 aromatic heterocycles. The Bertz CT molecular complexity index is 1680. The van der Waals surface area contributed by atoms with Gasteiger partial charge in [-0.05, 0) is 111 Å². The van der Waals surface area contributed by atoms with E-state index in [-0.39, 0.29) is 23.3 Å². The second-order valence-corrected chi connectivity index (χ2v) is 18.5. The van der Waals surface area contributed by atoms with Crippen LogP contribution < -0.4 is 19.7 Å². The molecular weight excluding hydrogens is 686 g/mol. The summed E-state index contributed by atoms with van der Waals surface area (Å²) >= 11 is 6.39. The zero-order valence-electron chi connectivity index (χ0n) is 30.3. The van der Waals surface area contributed by atoms with Gasteiger partial charge in [0.15, 0.2) is 0 Å². The molecule has 1 amide bonds. The monoisotopic (exact) mass is 741 g/mol. The first-order valence-corrected chi connectivity index (χ1v) is 21.2. The number of halogens is 1. The number of sulfonamides is 1. The van der Waals surface area contributed by atoms with Crippen molar-refractivity contribution < 1.29 is 23.1 Å². The van der Waals surface area contributed by atoms with Crippen LogP contribution in [-0.2, 0) is 23.1 Å². The fraction of sp³-hybridized carbons (Fsp3) is 0.667. The lowest BCUT2D eigenvalue weighted by Gasteiger charge is -2.52. The fourth-order valence-corrected chi connectivity index (χ4v) is 10.8. The van der Waals surface area contributed by atoms with Gasteiger partial charge < -0.3 is 20.1 Å². The first kappa shape index (κ1) is 36.9. The van der Waals surface area contributed by atoms with Gasteiger partial charge in [0.05, 0.1) is 16.5 Å². The highest BCUT2D eigenvalue weighted by Crippen LogP contribution is 2.46. The molecule has 2 bridgehead atoms. The van der Waals surface area contributed by atoms with Crippen LogP contribution in [0.2, 0.25) is 5.02 Å². The number of nitrogens with one attached hydrogen (secondary N) is 2. The van der Waals surface area contributed by atoms with Crippen LogP contribution in [0.1, 0.15) is 80.3 Å². The van der Waals surface area contributed by atoms with E-state index < -0.39 is 26.8 Å². The predicted molar refractivity (Wildman–Crippen MR) is 202 cm³/mol. The maximum atomic E-state index is 13.6. The van der Waals surface area contributed by atoms with E-state index >= 15 is 0 Å². The molecule has 7 rings (SSSR count). The number of β-amino-alcohol motifs (C(OH)–C–C–N with tert-alkyl or cyclic N) is 1. The lowest BCUT2D eigenvalue weighted by molar-refractivity contribution is -0.113. The summed E-state index contributed by atoms with van der Waals surface area (Å²) in [5.41, 5.74) is 2.47. The van der Waals surface area contributed by atoms with Crippen LogP contribution in [-0.4, -0.2) is 105 Å². The molecule has 0 radical (unpaired) electrons. The first-order valence-electron chi connectivity index (χ1n) is 19.2. The van der Waals surface area contributed by atoms with Gasteiger partial charge in [-0.25, -0.2) is 13.1 Å². The van der Waals surface area contributed by atoms with Crippen LogP contribution in [0.3, 0.4) is 0 Å². The molecule has 5 aliphatic rings. The van der Waals surface area contributed by atoms with Gasteiger partial charge >= 0.3 is 0 Å². The van der Waals surface area contributed by atoms with Gasteiger partial charge in [-0.15, -0.1) is 0 Å². The smallest absolute Gasteiger partial charge is 0.264 e. The van der Waals surface area contributed by atoms with Crippen LogP contribution >= 0.6 is 11.6 Å². The quantitative estimate of drug-likeness (QED) is 0.404. The highest BCUT2D eigenvalue weighted by molar-refractivity contribution is 7.90. The van der Waals surface area contributed by atoms with Crippen LogP contribution in [0.5, 0.6) is 5.75 Å². The summed E-state index contributed by atoms with van der Waals surface area (Å²) in [7, 11) is -3.94. The van der Waals surface area contributed by atoms with E-state index in [0.29, 0.717) is 42.8 Å². The lowest BCUT2D eigenvalue weighted by Crippen LogP contribution is -2.64. The lowest BCUT2D eigenvalue weighted by atomic mass is 9.62. The Morgan fingerprint density at radius 2 is 1.84 bits per heavy atom. The molecule has 0 spiro atoms. The topological polar surface area (TPSA) is 114 Å². The first-order chi connectivity index (χ1) is 24.5. The molecule has 10 nitrogen and oxygen atoms in total. The second-order valence-electron chi connectivity index (χ2n) is 16.0. The molecule has 4 aliphatic heterocycles. The van der Waals surface area contributed by atoms with Crippen molar-refractivity contribution >= 4 is 33.2 Å². The summed E-state index contributed by atoms with van der Waals surface area (Å²) in [6.45, 7) is 12.1. The summed E-state index contributed by atoms with van der Waals surface area (Å²) in [4.78, 5) is 21.0. The minimum atomic E-state index is -3.94. The molecule has 2 saturated heterocycles. The average Bonchev–Trinajstić information content (AvgIpc) is 3.12. The van der Waals surface area contributed by atoms with Gasteiger partial charge in [0.25, 0.3) is 5.91 Å². The molecule has 6 atom stereocenters. The molecular formula is C39H56ClN5O5S. The summed E-state index contributed by atoms with van der Waals surface area (Å²) in [5.74, 6) is 0.261. The van der Waals surface area contributed by atoms with Crippen LogP contribution in [0.4, 0.5) is 5.69 Å². The number of amides is 1. The summed E-state index contributed by atoms with van der Waals surface area (Å²) in [6, 6.07) is 11.7. The van der Waals surface area contributed by atoms with Crippen molar-refractivity contribution in [3.05, 3.63) is 58.1 Å². The number of piperazine rings is 2. The Morgan fingerprint density at radius 3 is 2.67 bits per heavy atom. The molecule has 0 unspecified atom stereocenters. The number of fused-ring (bicyclic) bond motifs is 4. The van der Waals surface area contributed by atoms with E-state index in [9.17, 15) is 18.3 Å². The Kier molecular flexibility index (Phi) is 11.2. The third-order valence-corrected chi connectivity index (χ3v) is 14.9. The Morgan fingerprint density at radius 1 is 0.980 bits per heavy atom. The number of rotatable bonds is 2. The van der Waals surface area contributed by atoms with Crippen molar-refractivity contribution in [2.45, 2.75) is 88.7 Å². The van der Waals surface area contributed by atoms with E-state index in [1.807, 2.05) is 25.1 Å². The highest BCUT2D eigenvalue weighted by Gasteiger charge is 2.48. The van der Waals surface area contributed by atoms with Gasteiger partial charge in [0.2, 0.25) is 10.0 Å². The number of hydrogen-bond acceptors (Lipinski definition) is 9. The number of aliphatic hydroxyl groups is 1. The standard InChI is InChI=1S/C39H56ClN5O5S/c1-27-6-5-14-39(47,26-43-18-19-44-17-15-41-22-34(44)24-43)35-12-9-31(35)23-45-16-4-3-7-29-20-33(40)11-8-32(29)25-50-37-13-10-30(21-36(37)45)38(46)42-51(48,49)28(27)2/h8,10-11,13,20-21,27-28,31,34-35,41,47H,3-7,9,12,14-19,22-26H2,1-2H3,(H,42,46)/t27-,28+,31-,34-,35+,39-/m0/s1. The van der Waals surface area contributed by atoms with Crippen LogP contribution in [0.25, 0.3) is 0 Å². The number of ether oxygens (including phenoxy) is 1. The highest BCUT2D eigenvalue weighted by atomic mass is 35.5. The average molecular weight is 742 g/mol. The van der Waals surface area contributed by atoms with Crippen molar-refractivity contribution in [2.24, 2.45) is 17.8 Å². The van der Waals surface area contributed by atoms with E-state index in [2.05, 4.69) is 24.7 Å². The van der Waals surface area contributed by atoms with E-state index in [1.54, 1.807) is 25.1 Å². The summed E-state index contributed by atoms with van der Waals surface area (Å²) in [5, 5.41) is 16.3. The molecule has 3 N–H and O–H groups in total. The van der Waals surface area contributed by atoms with Crippen molar-refractivity contribution in [1.29, 1.82) is 0 Å². The number of aryl methyl sites for hydroxylation is 1. The van der Waals surface area contributed by atoms with Crippen LogP contribution in [0.15, 0.2) is 36.4 Å². The van der Waals surface area contributed by atoms with Gasteiger partial charge in [0.1, 0.15) is 12.4 Å². The Balaban J connectivity index is 1.22. The normalized spacial score (nSPS) is 32.5. The SMILES string of the molecule is C[C@@H]1[C@@H](C)CCC[C@](O)(CN2CCN3CCNC[C@H]3C2)[C@@H]2CC[C@H]2CN2CCCCc3cc(Cl)ccc3COc3ccc(cc32)C(=O)NS1(=O)=O. The molecule has 1 saturated carbocycles. The number of anilines is 1. The minimum absolute atomic E-state index is 0.129. The second kappa shape index (κ2) is 15.5. The number of hydrogen-bond donors (Lipinski definition) is 3. The summed E-state index contributed by atoms with van der Waals surface area (Å²) < 4.78 is 36.0. The van der Waals surface area contributed by atoms with E-state index in [4.69, 9.17) is 16.3 Å². The third-order valence-electron chi connectivity index (χ3n) is 12.7. The molecule has 2 aromatic rings. The van der Waals surface area contributed by atoms with Crippen molar-refractivity contribution in [1.82, 2.24) is 19.8 Å². The van der Waals surface area contributed by atoms with Crippen molar-refractivity contribution in [3.8, 4) is 5.75 Å². The molecule has 2 aromatic carbocycles. The predicted octanol–water partition coefficient (Wildman–Crippen LogP) is 4.68. The number of carbonyl (C=O) groups is 1. The Hall–Kier alpha value is -2.41. The molecule has 1 aliphatic carbocycles. The maximum Gasteiger partial charge on any atom is 0.264 e. The molecule has 4 heterocycles. The largest absolute Gasteiger partial charge is 0.487 e. The molecule has 3 fully saturated rings. The maximum absolute atomic E-state index is 13.6. The van der Waals surface area contributed by atoms with Crippen LogP contribution in [0, 0.1) is 17.8 Å². The number of nitrogens with zero attached hydrogens (tertiary/aromatic N) is 3. The van der Waals surface area contributed by atoms with E-state index in [0.717, 1.165) is 102 Å². The van der Waals surface area contributed by atoms with Gasteiger partial charge in [0, 0.05) is 75.5 Å². The zero-order chi connectivity index (χ0) is 35.8. The molecule has 12 heteroatoms. The van der Waals surface area contributed by atoms with Gasteiger partial charge in [-0.3, -0.25) is 14.6 Å². The number of carbonyl (C=O) groups excluding carboxylic acids is 1. The number of benzene rings is 2. The van der Waals surface area contributed by atoms with Crippen molar-refractivity contribution in [3.63, 3.8) is 0 Å².